The van der Waals surface area contributed by atoms with E-state index in [9.17, 15) is 17.6 Å². The molecule has 28 heavy (non-hydrogen) atoms. The van der Waals surface area contributed by atoms with Crippen molar-refractivity contribution < 1.29 is 17.6 Å². The van der Waals surface area contributed by atoms with Crippen LogP contribution in [0, 0.1) is 5.82 Å². The third-order valence-electron chi connectivity index (χ3n) is 4.30. The van der Waals surface area contributed by atoms with Crippen LogP contribution in [-0.2, 0) is 16.4 Å². The predicted molar refractivity (Wildman–Crippen MR) is 108 cm³/mol. The van der Waals surface area contributed by atoms with E-state index >= 15 is 0 Å². The van der Waals surface area contributed by atoms with Gasteiger partial charge in [0.2, 0.25) is 10.0 Å². The third-order valence-corrected chi connectivity index (χ3v) is 6.29. The Morgan fingerprint density at radius 2 is 1.82 bits per heavy atom. The van der Waals surface area contributed by atoms with Crippen LogP contribution in [-0.4, -0.2) is 26.4 Å². The monoisotopic (exact) mass is 424 g/mol. The van der Waals surface area contributed by atoms with Gasteiger partial charge >= 0.3 is 0 Å². The highest BCUT2D eigenvalue weighted by molar-refractivity contribution is 7.89. The topological polar surface area (TPSA) is 66.5 Å². The van der Waals surface area contributed by atoms with E-state index in [1.54, 1.807) is 26.8 Å². The van der Waals surface area contributed by atoms with Crippen LogP contribution < -0.4 is 9.62 Å². The van der Waals surface area contributed by atoms with Gasteiger partial charge in [0, 0.05) is 22.7 Å². The highest BCUT2D eigenvalue weighted by atomic mass is 35.5. The molecule has 1 N–H and O–H groups in total. The molecule has 0 saturated carbocycles. The molecule has 1 aliphatic rings. The van der Waals surface area contributed by atoms with Gasteiger partial charge in [-0.05, 0) is 75.6 Å². The minimum atomic E-state index is -3.70. The summed E-state index contributed by atoms with van der Waals surface area (Å²) in [7, 11) is -3.70. The molecule has 2 aromatic carbocycles. The first kappa shape index (κ1) is 20.8. The highest BCUT2D eigenvalue weighted by Crippen LogP contribution is 2.33. The van der Waals surface area contributed by atoms with Crippen molar-refractivity contribution in [2.45, 2.75) is 44.0 Å². The van der Waals surface area contributed by atoms with Gasteiger partial charge in [0.25, 0.3) is 5.91 Å². The fourth-order valence-electron chi connectivity index (χ4n) is 3.25. The SMILES string of the molecule is CC(C)(C)NS(=O)(=O)c1ccc(C(=O)N2CCCc3cc(Cl)cc(F)c32)cc1. The lowest BCUT2D eigenvalue weighted by Gasteiger charge is -2.30. The summed E-state index contributed by atoms with van der Waals surface area (Å²) in [6.07, 6.45) is 1.34. The van der Waals surface area contributed by atoms with E-state index in [2.05, 4.69) is 4.72 Å². The maximum atomic E-state index is 14.5. The number of rotatable bonds is 3. The minimum absolute atomic E-state index is 0.0657. The van der Waals surface area contributed by atoms with Crippen molar-refractivity contribution >= 4 is 33.2 Å². The maximum Gasteiger partial charge on any atom is 0.258 e. The standard InChI is InChI=1S/C20H22ClFN2O3S/c1-20(2,3)23-28(26,27)16-8-6-13(7-9-16)19(25)24-10-4-5-14-11-15(21)12-17(22)18(14)24/h6-9,11-12,23H,4-5,10H2,1-3H3. The Morgan fingerprint density at radius 3 is 2.43 bits per heavy atom. The van der Waals surface area contributed by atoms with Crippen molar-refractivity contribution in [2.24, 2.45) is 0 Å². The van der Waals surface area contributed by atoms with Crippen LogP contribution in [0.4, 0.5) is 10.1 Å². The number of aryl methyl sites for hydroxylation is 1. The third kappa shape index (κ3) is 4.37. The fourth-order valence-corrected chi connectivity index (χ4v) is 4.90. The van der Waals surface area contributed by atoms with E-state index in [0.717, 1.165) is 0 Å². The number of hydrogen-bond donors (Lipinski definition) is 1. The Morgan fingerprint density at radius 1 is 1.18 bits per heavy atom. The van der Waals surface area contributed by atoms with Crippen LogP contribution in [0.2, 0.25) is 5.02 Å². The van der Waals surface area contributed by atoms with E-state index in [-0.39, 0.29) is 22.1 Å². The number of anilines is 1. The Bertz CT molecular complexity index is 1010. The van der Waals surface area contributed by atoms with Crippen molar-refractivity contribution in [3.63, 3.8) is 0 Å². The molecule has 8 heteroatoms. The average molecular weight is 425 g/mol. The van der Waals surface area contributed by atoms with E-state index in [1.807, 2.05) is 0 Å². The van der Waals surface area contributed by atoms with E-state index in [4.69, 9.17) is 11.6 Å². The van der Waals surface area contributed by atoms with Crippen molar-refractivity contribution in [3.8, 4) is 0 Å². The van der Waals surface area contributed by atoms with Gasteiger partial charge in [-0.2, -0.15) is 0 Å². The van der Waals surface area contributed by atoms with Crippen molar-refractivity contribution in [1.29, 1.82) is 0 Å². The number of carbonyl (C=O) groups excluding carboxylic acids is 1. The quantitative estimate of drug-likeness (QED) is 0.804. The molecule has 1 heterocycles. The number of carbonyl (C=O) groups is 1. The lowest BCUT2D eigenvalue weighted by molar-refractivity contribution is 0.0984. The van der Waals surface area contributed by atoms with Gasteiger partial charge in [-0.25, -0.2) is 17.5 Å². The summed E-state index contributed by atoms with van der Waals surface area (Å²) >= 11 is 5.93. The number of benzene rings is 2. The van der Waals surface area contributed by atoms with E-state index in [1.165, 1.54) is 35.2 Å². The molecule has 0 bridgehead atoms. The van der Waals surface area contributed by atoms with Crippen molar-refractivity contribution in [3.05, 3.63) is 58.4 Å². The number of nitrogens with one attached hydrogen (secondary N) is 1. The van der Waals surface area contributed by atoms with Gasteiger partial charge in [0.1, 0.15) is 5.82 Å². The van der Waals surface area contributed by atoms with Crippen LogP contribution in [0.15, 0.2) is 41.3 Å². The van der Waals surface area contributed by atoms with E-state index < -0.39 is 21.4 Å². The van der Waals surface area contributed by atoms with Crippen LogP contribution in [0.3, 0.4) is 0 Å². The van der Waals surface area contributed by atoms with Crippen LogP contribution in [0.25, 0.3) is 0 Å². The van der Waals surface area contributed by atoms with Gasteiger partial charge in [-0.15, -0.1) is 0 Å². The second kappa shape index (κ2) is 7.46. The zero-order chi connectivity index (χ0) is 20.7. The molecule has 0 unspecified atom stereocenters. The van der Waals surface area contributed by atoms with Crippen molar-refractivity contribution in [1.82, 2.24) is 4.72 Å². The van der Waals surface area contributed by atoms with Gasteiger partial charge in [-0.1, -0.05) is 11.6 Å². The summed E-state index contributed by atoms with van der Waals surface area (Å²) in [6, 6.07) is 8.52. The molecule has 0 spiro atoms. The molecular formula is C20H22ClFN2O3S. The molecule has 0 aromatic heterocycles. The first-order valence-corrected chi connectivity index (χ1v) is 10.8. The molecular weight excluding hydrogens is 403 g/mol. The molecule has 0 saturated heterocycles. The lowest BCUT2D eigenvalue weighted by atomic mass is 10.0. The molecule has 150 valence electrons. The van der Waals surface area contributed by atoms with Crippen LogP contribution in [0.1, 0.15) is 43.1 Å². The number of amides is 1. The second-order valence-corrected chi connectivity index (χ2v) is 9.95. The summed E-state index contributed by atoms with van der Waals surface area (Å²) in [5, 5.41) is 0.298. The first-order chi connectivity index (χ1) is 13.0. The number of nitrogens with zero attached hydrogens (tertiary/aromatic N) is 1. The molecule has 1 aliphatic heterocycles. The Hall–Kier alpha value is -1.96. The molecule has 0 aliphatic carbocycles. The summed E-state index contributed by atoms with van der Waals surface area (Å²) in [4.78, 5) is 14.4. The highest BCUT2D eigenvalue weighted by Gasteiger charge is 2.28. The number of sulfonamides is 1. The smallest absolute Gasteiger partial charge is 0.258 e. The zero-order valence-corrected chi connectivity index (χ0v) is 17.5. The van der Waals surface area contributed by atoms with Crippen LogP contribution >= 0.6 is 11.6 Å². The van der Waals surface area contributed by atoms with Crippen molar-refractivity contribution in [2.75, 3.05) is 11.4 Å². The average Bonchev–Trinajstić information content (AvgIpc) is 2.58. The summed E-state index contributed by atoms with van der Waals surface area (Å²) in [5.41, 5.74) is 0.603. The summed E-state index contributed by atoms with van der Waals surface area (Å²) in [5.74, 6) is -0.918. The Balaban J connectivity index is 1.90. The number of halogens is 2. The van der Waals surface area contributed by atoms with Gasteiger partial charge in [0.15, 0.2) is 0 Å². The Labute approximate surface area is 169 Å². The maximum absolute atomic E-state index is 14.5. The fraction of sp³-hybridized carbons (Fsp3) is 0.350. The molecule has 0 radical (unpaired) electrons. The van der Waals surface area contributed by atoms with E-state index in [0.29, 0.717) is 30.0 Å². The normalized spacial score (nSPS) is 14.7. The first-order valence-electron chi connectivity index (χ1n) is 8.92. The number of hydrogen-bond acceptors (Lipinski definition) is 3. The van der Waals surface area contributed by atoms with Gasteiger partial charge in [0.05, 0.1) is 10.6 Å². The lowest BCUT2D eigenvalue weighted by Crippen LogP contribution is -2.40. The largest absolute Gasteiger partial charge is 0.305 e. The molecule has 1 amide bonds. The molecule has 0 atom stereocenters. The number of fused-ring (bicyclic) bond motifs is 1. The second-order valence-electron chi connectivity index (χ2n) is 7.84. The van der Waals surface area contributed by atoms with Crippen LogP contribution in [0.5, 0.6) is 0 Å². The zero-order valence-electron chi connectivity index (χ0n) is 15.9. The molecule has 5 nitrogen and oxygen atoms in total. The summed E-state index contributed by atoms with van der Waals surface area (Å²) < 4.78 is 41.8. The minimum Gasteiger partial charge on any atom is -0.305 e. The molecule has 3 rings (SSSR count). The Kier molecular flexibility index (Phi) is 5.53. The van der Waals surface area contributed by atoms with Gasteiger partial charge in [-0.3, -0.25) is 4.79 Å². The molecule has 0 fully saturated rings. The van der Waals surface area contributed by atoms with Gasteiger partial charge < -0.3 is 4.90 Å². The predicted octanol–water partition coefficient (Wildman–Crippen LogP) is 4.15. The molecule has 2 aromatic rings. The summed E-state index contributed by atoms with van der Waals surface area (Å²) in [6.45, 7) is 5.63.